The maximum absolute atomic E-state index is 13.8. The maximum atomic E-state index is 13.8. The first-order valence-electron chi connectivity index (χ1n) is 11.2. The first kappa shape index (κ1) is 27.5. The second-order valence-electron chi connectivity index (χ2n) is 8.44. The molecule has 0 aliphatic carbocycles. The van der Waals surface area contributed by atoms with Crippen LogP contribution in [-0.2, 0) is 21.0 Å². The number of aliphatic carboxylic acids is 1. The van der Waals surface area contributed by atoms with Gasteiger partial charge >= 0.3 is 12.1 Å². The Hall–Kier alpha value is -3.57. The monoisotopic (exact) mass is 569 g/mol. The van der Waals surface area contributed by atoms with Crippen LogP contribution < -0.4 is 9.04 Å². The summed E-state index contributed by atoms with van der Waals surface area (Å²) in [7, 11) is -4.51. The first-order valence-corrected chi connectivity index (χ1v) is 13.0. The number of carbonyl (C=O) groups is 1. The molecule has 0 saturated carbocycles. The quantitative estimate of drug-likeness (QED) is 0.260. The van der Waals surface area contributed by atoms with Gasteiger partial charge in [0.1, 0.15) is 17.7 Å². The minimum atomic E-state index is -4.76. The van der Waals surface area contributed by atoms with Crippen molar-refractivity contribution in [2.75, 3.05) is 10.8 Å². The fraction of sp³-hybridized carbons (Fsp3) is 0.192. The number of ether oxygens (including phenoxy) is 1. The first-order chi connectivity index (χ1) is 17.9. The molecule has 0 saturated heterocycles. The van der Waals surface area contributed by atoms with Crippen LogP contribution in [-0.4, -0.2) is 32.1 Å². The number of carboxylic acids is 1. The molecule has 0 radical (unpaired) electrons. The van der Waals surface area contributed by atoms with Crippen LogP contribution in [0.15, 0.2) is 65.6 Å². The van der Waals surface area contributed by atoms with E-state index in [1.54, 1.807) is 18.2 Å². The number of nitrogens with zero attached hydrogens (tertiary/aromatic N) is 1. The van der Waals surface area contributed by atoms with Gasteiger partial charge in [0.25, 0.3) is 10.0 Å². The second kappa shape index (κ2) is 10.7. The van der Waals surface area contributed by atoms with Gasteiger partial charge in [0.2, 0.25) is 0 Å². The van der Waals surface area contributed by atoms with E-state index in [1.807, 2.05) is 0 Å². The fourth-order valence-electron chi connectivity index (χ4n) is 3.89. The average Bonchev–Trinajstić information content (AvgIpc) is 2.87. The van der Waals surface area contributed by atoms with Crippen LogP contribution in [0.1, 0.15) is 29.5 Å². The predicted octanol–water partition coefficient (Wildman–Crippen LogP) is 6.49. The number of alkyl halides is 3. The molecule has 1 N–H and O–H groups in total. The van der Waals surface area contributed by atoms with Gasteiger partial charge in [-0.15, -0.1) is 0 Å². The number of hydrogen-bond donors (Lipinski definition) is 1. The summed E-state index contributed by atoms with van der Waals surface area (Å²) in [5, 5.41) is 8.94. The number of anilines is 1. The molecule has 0 amide bonds. The number of halogens is 5. The van der Waals surface area contributed by atoms with Crippen molar-refractivity contribution in [3.05, 3.63) is 88.2 Å². The van der Waals surface area contributed by atoms with Gasteiger partial charge in [-0.05, 0) is 53.9 Å². The minimum absolute atomic E-state index is 0.0247. The summed E-state index contributed by atoms with van der Waals surface area (Å²) in [5.41, 5.74) is -0.219. The molecule has 1 aliphatic rings. The number of benzene rings is 3. The van der Waals surface area contributed by atoms with Gasteiger partial charge in [-0.3, -0.25) is 9.10 Å². The zero-order valence-corrected chi connectivity index (χ0v) is 21.0. The molecule has 3 aromatic rings. The number of fused-ring (bicyclic) bond motifs is 1. The molecule has 1 aliphatic heterocycles. The van der Waals surface area contributed by atoms with Crippen LogP contribution in [0.25, 0.3) is 12.2 Å². The largest absolute Gasteiger partial charge is 0.486 e. The molecule has 4 rings (SSSR count). The smallest absolute Gasteiger partial charge is 0.416 e. The van der Waals surface area contributed by atoms with Gasteiger partial charge in [-0.1, -0.05) is 48.0 Å². The molecule has 0 aromatic heterocycles. The lowest BCUT2D eigenvalue weighted by Crippen LogP contribution is -2.43. The van der Waals surface area contributed by atoms with Crippen LogP contribution in [0, 0.1) is 5.82 Å². The van der Waals surface area contributed by atoms with Gasteiger partial charge in [0.15, 0.2) is 0 Å². The van der Waals surface area contributed by atoms with Crippen molar-refractivity contribution in [2.45, 2.75) is 30.0 Å². The Kier molecular flexibility index (Phi) is 7.70. The van der Waals surface area contributed by atoms with E-state index in [0.717, 1.165) is 22.5 Å². The van der Waals surface area contributed by atoms with Crippen LogP contribution in [0.2, 0.25) is 5.02 Å². The van der Waals surface area contributed by atoms with E-state index in [2.05, 4.69) is 0 Å². The van der Waals surface area contributed by atoms with Crippen molar-refractivity contribution in [1.29, 1.82) is 0 Å². The van der Waals surface area contributed by atoms with E-state index in [4.69, 9.17) is 21.4 Å². The van der Waals surface area contributed by atoms with Gasteiger partial charge in [-0.2, -0.15) is 13.2 Å². The van der Waals surface area contributed by atoms with Gasteiger partial charge in [0.05, 0.1) is 27.7 Å². The minimum Gasteiger partial charge on any atom is -0.486 e. The lowest BCUT2D eigenvalue weighted by atomic mass is 10.1. The van der Waals surface area contributed by atoms with Crippen molar-refractivity contribution in [3.8, 4) is 5.75 Å². The summed E-state index contributed by atoms with van der Waals surface area (Å²) in [5.74, 6) is -1.61. The molecule has 1 atom stereocenters. The summed E-state index contributed by atoms with van der Waals surface area (Å²) in [6.07, 6.45) is -2.85. The summed E-state index contributed by atoms with van der Waals surface area (Å²) < 4.78 is 87.5. The summed E-state index contributed by atoms with van der Waals surface area (Å²) >= 11 is 5.98. The van der Waals surface area contributed by atoms with Gasteiger partial charge in [-0.25, -0.2) is 12.8 Å². The van der Waals surface area contributed by atoms with Crippen molar-refractivity contribution >= 4 is 45.4 Å². The third kappa shape index (κ3) is 5.94. The van der Waals surface area contributed by atoms with Crippen molar-refractivity contribution in [1.82, 2.24) is 0 Å². The average molecular weight is 570 g/mol. The molecular formula is C26H20ClF4NO5S. The van der Waals surface area contributed by atoms with E-state index in [-0.39, 0.29) is 35.8 Å². The lowest BCUT2D eigenvalue weighted by Gasteiger charge is -2.35. The van der Waals surface area contributed by atoms with Gasteiger partial charge in [0, 0.05) is 6.42 Å². The SMILES string of the molecule is O=C(O)CC[C@H]1CN(S(=O)(=O)c2cccc(C(F)(F)F)c2)c2cc(/C=C/c3cccc(F)c3Cl)ccc2O1. The van der Waals surface area contributed by atoms with Crippen LogP contribution in [0.3, 0.4) is 0 Å². The normalized spacial score (nSPS) is 15.8. The van der Waals surface area contributed by atoms with E-state index < -0.39 is 44.5 Å². The summed E-state index contributed by atoms with van der Waals surface area (Å²) in [4.78, 5) is 10.5. The molecule has 1 heterocycles. The van der Waals surface area contributed by atoms with Crippen LogP contribution in [0.5, 0.6) is 5.75 Å². The predicted molar refractivity (Wildman–Crippen MR) is 134 cm³/mol. The number of sulfonamides is 1. The highest BCUT2D eigenvalue weighted by Gasteiger charge is 2.37. The van der Waals surface area contributed by atoms with E-state index in [9.17, 15) is 30.8 Å². The van der Waals surface area contributed by atoms with Gasteiger partial charge < -0.3 is 9.84 Å². The zero-order chi connectivity index (χ0) is 27.7. The fourth-order valence-corrected chi connectivity index (χ4v) is 5.62. The summed E-state index contributed by atoms with van der Waals surface area (Å²) in [6.45, 7) is -0.318. The zero-order valence-electron chi connectivity index (χ0n) is 19.5. The number of carboxylic acid groups (broad SMARTS) is 1. The number of rotatable bonds is 7. The molecule has 0 fully saturated rings. The highest BCUT2D eigenvalue weighted by Crippen LogP contribution is 2.40. The molecular weight excluding hydrogens is 550 g/mol. The Morgan fingerprint density at radius 2 is 1.84 bits per heavy atom. The van der Waals surface area contributed by atoms with Crippen molar-refractivity contribution in [2.24, 2.45) is 0 Å². The lowest BCUT2D eigenvalue weighted by molar-refractivity contribution is -0.138. The Balaban J connectivity index is 1.76. The maximum Gasteiger partial charge on any atom is 0.416 e. The van der Waals surface area contributed by atoms with E-state index in [1.165, 1.54) is 30.3 Å². The Morgan fingerprint density at radius 3 is 2.55 bits per heavy atom. The van der Waals surface area contributed by atoms with E-state index >= 15 is 0 Å². The molecule has 3 aromatic carbocycles. The Bertz CT molecular complexity index is 1510. The summed E-state index contributed by atoms with van der Waals surface area (Å²) in [6, 6.07) is 12.2. The van der Waals surface area contributed by atoms with Crippen LogP contribution in [0.4, 0.5) is 23.2 Å². The van der Waals surface area contributed by atoms with Crippen molar-refractivity contribution < 1.29 is 40.6 Å². The molecule has 12 heteroatoms. The molecule has 0 spiro atoms. The Labute approximate surface area is 220 Å². The number of hydrogen-bond acceptors (Lipinski definition) is 4. The van der Waals surface area contributed by atoms with Crippen LogP contribution >= 0.6 is 11.6 Å². The molecule has 200 valence electrons. The topological polar surface area (TPSA) is 83.9 Å². The van der Waals surface area contributed by atoms with Crippen molar-refractivity contribution in [3.63, 3.8) is 0 Å². The molecule has 38 heavy (non-hydrogen) atoms. The molecule has 0 unspecified atom stereocenters. The molecule has 0 bridgehead atoms. The highest BCUT2D eigenvalue weighted by molar-refractivity contribution is 7.92. The Morgan fingerprint density at radius 1 is 1.11 bits per heavy atom. The third-order valence-corrected chi connectivity index (χ3v) is 7.96. The standard InChI is InChI=1S/C26H20ClF4NO5S/c27-25-17(3-1-6-21(25)28)9-7-16-8-11-23-22(13-16)32(15-19(37-23)10-12-24(33)34)38(35,36)20-5-2-4-18(14-20)26(29,30)31/h1-9,11,13-14,19H,10,12,15H2,(H,33,34)/b9-7+/t19-/m0/s1. The highest BCUT2D eigenvalue weighted by atomic mass is 35.5. The molecule has 6 nitrogen and oxygen atoms in total. The third-order valence-electron chi connectivity index (χ3n) is 5.78. The van der Waals surface area contributed by atoms with E-state index in [0.29, 0.717) is 17.2 Å². The second-order valence-corrected chi connectivity index (χ2v) is 10.7.